The molecule has 0 amide bonds. The Labute approximate surface area is 139 Å². The predicted octanol–water partition coefficient (Wildman–Crippen LogP) is 1.77. The maximum Gasteiger partial charge on any atom is 0.342 e. The van der Waals surface area contributed by atoms with Crippen molar-refractivity contribution in [3.05, 3.63) is 43.7 Å². The largest absolute Gasteiger partial charge is 0.504 e. The summed E-state index contributed by atoms with van der Waals surface area (Å²) < 4.78 is 27.5. The second-order valence-electron chi connectivity index (χ2n) is 4.49. The minimum Gasteiger partial charge on any atom is -0.504 e. The molecule has 1 aromatic carbocycles. The van der Waals surface area contributed by atoms with Crippen molar-refractivity contribution in [3.8, 4) is 16.9 Å². The van der Waals surface area contributed by atoms with Crippen molar-refractivity contribution < 1.29 is 33.7 Å². The number of phenolic OH excluding ortho intramolecular Hbond substituents is 1. The molecule has 0 aliphatic rings. The van der Waals surface area contributed by atoms with Crippen molar-refractivity contribution in [2.75, 3.05) is 5.73 Å². The summed E-state index contributed by atoms with van der Waals surface area (Å²) in [6.45, 7) is 0. The Kier molecular flexibility index (Phi) is 4.30. The van der Waals surface area contributed by atoms with Gasteiger partial charge in [-0.05, 0) is 22.0 Å². The molecule has 8 nitrogen and oxygen atoms in total. The maximum atomic E-state index is 14.2. The van der Waals surface area contributed by atoms with Crippen molar-refractivity contribution in [3.63, 3.8) is 0 Å². The molecular formula is C13H7BrF2N2O6. The van der Waals surface area contributed by atoms with Gasteiger partial charge in [0.2, 0.25) is 5.82 Å². The van der Waals surface area contributed by atoms with Gasteiger partial charge >= 0.3 is 11.9 Å². The lowest BCUT2D eigenvalue weighted by Crippen LogP contribution is -2.24. The number of pyridine rings is 1. The Hall–Kier alpha value is -2.95. The van der Waals surface area contributed by atoms with Crippen LogP contribution in [0.15, 0.2) is 15.3 Å². The van der Waals surface area contributed by atoms with Crippen molar-refractivity contribution in [1.29, 1.82) is 0 Å². The average molecular weight is 405 g/mol. The van der Waals surface area contributed by atoms with Crippen LogP contribution in [0.4, 0.5) is 14.6 Å². The van der Waals surface area contributed by atoms with E-state index in [1.807, 2.05) is 4.98 Å². The highest BCUT2D eigenvalue weighted by atomic mass is 79.9. The Morgan fingerprint density at radius 2 is 1.67 bits per heavy atom. The first-order valence-electron chi connectivity index (χ1n) is 5.97. The number of aromatic hydroxyl groups is 1. The Balaban J connectivity index is 3.12. The van der Waals surface area contributed by atoms with E-state index in [0.717, 1.165) is 6.07 Å². The van der Waals surface area contributed by atoms with E-state index in [1.54, 1.807) is 0 Å². The van der Waals surface area contributed by atoms with Gasteiger partial charge in [0.05, 0.1) is 4.47 Å². The van der Waals surface area contributed by atoms with Crippen LogP contribution in [0.2, 0.25) is 0 Å². The number of benzene rings is 1. The van der Waals surface area contributed by atoms with Crippen molar-refractivity contribution >= 4 is 33.7 Å². The van der Waals surface area contributed by atoms with Gasteiger partial charge in [-0.25, -0.2) is 14.0 Å². The molecule has 2 aromatic rings. The number of carboxylic acids is 2. The van der Waals surface area contributed by atoms with Crippen LogP contribution in [0.3, 0.4) is 0 Å². The van der Waals surface area contributed by atoms with Gasteiger partial charge in [0.25, 0.3) is 5.56 Å². The Morgan fingerprint density at radius 1 is 1.12 bits per heavy atom. The molecule has 0 bridgehead atoms. The number of hydrogen-bond acceptors (Lipinski definition) is 5. The van der Waals surface area contributed by atoms with Gasteiger partial charge in [-0.15, -0.1) is 0 Å². The number of carboxylic acid groups (broad SMARTS) is 2. The van der Waals surface area contributed by atoms with E-state index in [4.69, 9.17) is 10.8 Å². The van der Waals surface area contributed by atoms with E-state index in [2.05, 4.69) is 15.9 Å². The fourth-order valence-corrected chi connectivity index (χ4v) is 2.49. The summed E-state index contributed by atoms with van der Waals surface area (Å²) in [6, 6.07) is 0.737. The van der Waals surface area contributed by atoms with Gasteiger partial charge in [0, 0.05) is 11.1 Å². The zero-order chi connectivity index (χ0) is 18.3. The molecule has 24 heavy (non-hydrogen) atoms. The summed E-state index contributed by atoms with van der Waals surface area (Å²) in [7, 11) is 0. The quantitative estimate of drug-likeness (QED) is 0.488. The van der Waals surface area contributed by atoms with Crippen molar-refractivity contribution in [2.24, 2.45) is 0 Å². The zero-order valence-corrected chi connectivity index (χ0v) is 12.9. The molecule has 1 heterocycles. The third-order valence-electron chi connectivity index (χ3n) is 3.08. The molecule has 0 radical (unpaired) electrons. The summed E-state index contributed by atoms with van der Waals surface area (Å²) >= 11 is 2.72. The molecule has 0 aliphatic heterocycles. The number of nitrogen functional groups attached to an aromatic ring is 1. The smallest absolute Gasteiger partial charge is 0.342 e. The number of halogens is 3. The summed E-state index contributed by atoms with van der Waals surface area (Å²) in [4.78, 5) is 36.3. The third kappa shape index (κ3) is 2.58. The normalized spacial score (nSPS) is 10.6. The van der Waals surface area contributed by atoms with Crippen LogP contribution in [0.25, 0.3) is 11.1 Å². The number of rotatable bonds is 3. The average Bonchev–Trinajstić information content (AvgIpc) is 2.47. The number of carbonyl (C=O) groups is 2. The molecule has 0 aliphatic carbocycles. The molecule has 11 heteroatoms. The second-order valence-corrected chi connectivity index (χ2v) is 5.34. The van der Waals surface area contributed by atoms with Gasteiger partial charge in [-0.1, -0.05) is 0 Å². The number of hydrogen-bond donors (Lipinski definition) is 5. The number of anilines is 1. The third-order valence-corrected chi connectivity index (χ3v) is 3.68. The molecule has 0 saturated heterocycles. The summed E-state index contributed by atoms with van der Waals surface area (Å²) in [6.07, 6.45) is 0. The first-order valence-corrected chi connectivity index (χ1v) is 6.76. The molecule has 0 spiro atoms. The van der Waals surface area contributed by atoms with Gasteiger partial charge in [-0.3, -0.25) is 4.79 Å². The summed E-state index contributed by atoms with van der Waals surface area (Å²) in [5, 5.41) is 27.7. The summed E-state index contributed by atoms with van der Waals surface area (Å²) in [5.74, 6) is -9.00. The minimum atomic E-state index is -1.88. The van der Waals surface area contributed by atoms with Gasteiger partial charge in [0.1, 0.15) is 16.9 Å². The molecule has 6 N–H and O–H groups in total. The van der Waals surface area contributed by atoms with Gasteiger partial charge in [-0.2, -0.15) is 4.39 Å². The lowest BCUT2D eigenvalue weighted by molar-refractivity contribution is 0.0695. The van der Waals surface area contributed by atoms with E-state index in [1.165, 1.54) is 0 Å². The molecule has 0 saturated carbocycles. The van der Waals surface area contributed by atoms with E-state index < -0.39 is 63.0 Å². The highest BCUT2D eigenvalue weighted by molar-refractivity contribution is 9.10. The fourth-order valence-electron chi connectivity index (χ4n) is 2.08. The van der Waals surface area contributed by atoms with Crippen LogP contribution in [0.1, 0.15) is 20.7 Å². The number of nitrogens with one attached hydrogen (secondary N) is 1. The molecule has 1 aromatic heterocycles. The SMILES string of the molecule is Nc1[nH]c(=O)c(C(=O)O)c(-c2cc(Br)c(O)c(F)c2F)c1C(=O)O. The van der Waals surface area contributed by atoms with E-state index in [9.17, 15) is 33.4 Å². The molecule has 0 unspecified atom stereocenters. The lowest BCUT2D eigenvalue weighted by atomic mass is 9.94. The van der Waals surface area contributed by atoms with Crippen molar-refractivity contribution in [1.82, 2.24) is 4.98 Å². The number of phenols is 1. The number of nitrogens with two attached hydrogens (primary N) is 1. The van der Waals surface area contributed by atoms with Crippen molar-refractivity contribution in [2.45, 2.75) is 0 Å². The first-order chi connectivity index (χ1) is 11.1. The van der Waals surface area contributed by atoms with Crippen LogP contribution in [-0.2, 0) is 0 Å². The van der Waals surface area contributed by atoms with E-state index in [-0.39, 0.29) is 4.47 Å². The highest BCUT2D eigenvalue weighted by Crippen LogP contribution is 2.38. The number of aromatic amines is 1. The van der Waals surface area contributed by atoms with Crippen LogP contribution in [-0.4, -0.2) is 32.2 Å². The number of aromatic carboxylic acids is 2. The minimum absolute atomic E-state index is 0.386. The first kappa shape index (κ1) is 17.4. The second kappa shape index (κ2) is 5.92. The molecule has 2 rings (SSSR count). The van der Waals surface area contributed by atoms with Crippen LogP contribution >= 0.6 is 15.9 Å². The molecule has 0 fully saturated rings. The number of H-pyrrole nitrogens is 1. The van der Waals surface area contributed by atoms with Crippen LogP contribution < -0.4 is 11.3 Å². The van der Waals surface area contributed by atoms with Crippen LogP contribution in [0.5, 0.6) is 5.75 Å². The maximum absolute atomic E-state index is 14.2. The predicted molar refractivity (Wildman–Crippen MR) is 80.1 cm³/mol. The highest BCUT2D eigenvalue weighted by Gasteiger charge is 2.30. The molecular weight excluding hydrogens is 398 g/mol. The summed E-state index contributed by atoms with van der Waals surface area (Å²) in [5.41, 5.74) is 0.215. The Morgan fingerprint density at radius 3 is 2.17 bits per heavy atom. The standard InChI is InChI=1S/C13H7BrF2N2O6/c14-3-1-2(7(15)8(16)9(3)19)4-5(12(21)22)10(17)18-11(20)6(4)13(23)24/h1,19H,(H,21,22)(H,23,24)(H3,17,18,20). The fraction of sp³-hybridized carbons (Fsp3) is 0. The topological polar surface area (TPSA) is 154 Å². The molecule has 0 atom stereocenters. The lowest BCUT2D eigenvalue weighted by Gasteiger charge is -2.14. The van der Waals surface area contributed by atoms with Crippen LogP contribution in [0, 0.1) is 11.6 Å². The zero-order valence-electron chi connectivity index (χ0n) is 11.4. The van der Waals surface area contributed by atoms with E-state index in [0.29, 0.717) is 0 Å². The number of aromatic nitrogens is 1. The molecule has 126 valence electrons. The van der Waals surface area contributed by atoms with Gasteiger partial charge < -0.3 is 26.0 Å². The van der Waals surface area contributed by atoms with Gasteiger partial charge in [0.15, 0.2) is 11.6 Å². The van der Waals surface area contributed by atoms with E-state index >= 15 is 0 Å². The monoisotopic (exact) mass is 404 g/mol. The Bertz CT molecular complexity index is 957.